The van der Waals surface area contributed by atoms with Gasteiger partial charge in [0.05, 0.1) is 20.8 Å². The zero-order valence-corrected chi connectivity index (χ0v) is 18.7. The number of hydrogen-bond donors (Lipinski definition) is 1. The molecule has 3 rings (SSSR count). The number of ether oxygens (including phenoxy) is 1. The van der Waals surface area contributed by atoms with E-state index in [2.05, 4.69) is 15.5 Å². The minimum atomic E-state index is -0.443. The van der Waals surface area contributed by atoms with Crippen LogP contribution in [0.1, 0.15) is 12.7 Å². The Morgan fingerprint density at radius 2 is 1.93 bits per heavy atom. The number of anilines is 1. The fourth-order valence-electron chi connectivity index (χ4n) is 2.49. The Hall–Kier alpha value is -2.00. The van der Waals surface area contributed by atoms with Gasteiger partial charge >= 0.3 is 0 Å². The summed E-state index contributed by atoms with van der Waals surface area (Å²) in [5.74, 6) is 0.370. The van der Waals surface area contributed by atoms with Gasteiger partial charge in [-0.3, -0.25) is 4.79 Å². The lowest BCUT2D eigenvalue weighted by Gasteiger charge is -2.10. The minimum Gasteiger partial charge on any atom is -0.484 e. The summed E-state index contributed by atoms with van der Waals surface area (Å²) in [6.07, 6.45) is 0. The average molecular weight is 490 g/mol. The maximum Gasteiger partial charge on any atom is 0.234 e. The Kier molecular flexibility index (Phi) is 7.82. The third kappa shape index (κ3) is 5.78. The van der Waals surface area contributed by atoms with E-state index in [0.717, 1.165) is 0 Å². The second-order valence-electron chi connectivity index (χ2n) is 5.97. The molecule has 0 radical (unpaired) electrons. The van der Waals surface area contributed by atoms with E-state index in [4.69, 9.17) is 39.5 Å². The molecule has 3 aromatic rings. The van der Waals surface area contributed by atoms with Crippen LogP contribution < -0.4 is 10.1 Å². The molecule has 11 heteroatoms. The van der Waals surface area contributed by atoms with Crippen LogP contribution in [0.4, 0.5) is 10.1 Å². The number of nitrogens with one attached hydrogen (secondary N) is 1. The van der Waals surface area contributed by atoms with Crippen LogP contribution in [0.3, 0.4) is 0 Å². The number of nitrogens with zero attached hydrogens (tertiary/aromatic N) is 3. The zero-order valence-electron chi connectivity index (χ0n) is 15.7. The zero-order chi connectivity index (χ0) is 21.7. The lowest BCUT2D eigenvalue weighted by molar-refractivity contribution is -0.113. The summed E-state index contributed by atoms with van der Waals surface area (Å²) in [6, 6.07) is 8.75. The third-order valence-electron chi connectivity index (χ3n) is 3.90. The molecule has 0 aliphatic rings. The molecule has 0 spiro atoms. The third-order valence-corrected chi connectivity index (χ3v) is 5.90. The van der Waals surface area contributed by atoms with Gasteiger partial charge in [0, 0.05) is 12.2 Å². The Balaban J connectivity index is 1.59. The monoisotopic (exact) mass is 488 g/mol. The molecular weight excluding hydrogens is 474 g/mol. The van der Waals surface area contributed by atoms with Gasteiger partial charge in [0.15, 0.2) is 11.0 Å². The van der Waals surface area contributed by atoms with E-state index in [1.165, 1.54) is 30.0 Å². The van der Waals surface area contributed by atoms with Gasteiger partial charge < -0.3 is 14.6 Å². The van der Waals surface area contributed by atoms with Crippen molar-refractivity contribution in [2.45, 2.75) is 25.2 Å². The van der Waals surface area contributed by atoms with E-state index in [1.54, 1.807) is 18.2 Å². The van der Waals surface area contributed by atoms with Crippen LogP contribution in [0, 0.1) is 5.82 Å². The van der Waals surface area contributed by atoms with Crippen molar-refractivity contribution in [3.05, 3.63) is 63.1 Å². The van der Waals surface area contributed by atoms with Crippen molar-refractivity contribution in [2.75, 3.05) is 11.1 Å². The summed E-state index contributed by atoms with van der Waals surface area (Å²) < 4.78 is 20.6. The van der Waals surface area contributed by atoms with Crippen LogP contribution in [0.5, 0.6) is 5.75 Å². The van der Waals surface area contributed by atoms with Gasteiger partial charge in [-0.2, -0.15) is 0 Å². The molecule has 1 amide bonds. The Labute approximate surface area is 191 Å². The standard InChI is InChI=1S/C19H16Cl3FN4O2S/c1-2-27-17(9-29-16-6-3-11(23)7-15(16)22)25-26-19(27)30-10-18(28)24-12-4-5-13(20)14(21)8-12/h3-8H,2,9-10H2,1H3,(H,24,28). The summed E-state index contributed by atoms with van der Waals surface area (Å²) in [6.45, 7) is 2.61. The SMILES string of the molecule is CCn1c(COc2ccc(F)cc2Cl)nnc1SCC(=O)Nc1ccc(Cl)c(Cl)c1. The smallest absolute Gasteiger partial charge is 0.234 e. The number of carbonyl (C=O) groups is 1. The van der Waals surface area contributed by atoms with Crippen molar-refractivity contribution in [1.82, 2.24) is 14.8 Å². The first-order chi connectivity index (χ1) is 14.4. The lowest BCUT2D eigenvalue weighted by Crippen LogP contribution is -2.15. The van der Waals surface area contributed by atoms with Gasteiger partial charge in [-0.25, -0.2) is 4.39 Å². The van der Waals surface area contributed by atoms with Crippen LogP contribution in [0.25, 0.3) is 0 Å². The van der Waals surface area contributed by atoms with Crippen molar-refractivity contribution in [3.63, 3.8) is 0 Å². The normalized spacial score (nSPS) is 10.8. The van der Waals surface area contributed by atoms with E-state index in [9.17, 15) is 9.18 Å². The number of aromatic nitrogens is 3. The first-order valence-electron chi connectivity index (χ1n) is 8.75. The van der Waals surface area contributed by atoms with Crippen LogP contribution in [0.2, 0.25) is 15.1 Å². The summed E-state index contributed by atoms with van der Waals surface area (Å²) in [5, 5.41) is 12.5. The van der Waals surface area contributed by atoms with Crippen molar-refractivity contribution in [1.29, 1.82) is 0 Å². The van der Waals surface area contributed by atoms with E-state index in [-0.39, 0.29) is 23.3 Å². The van der Waals surface area contributed by atoms with Crippen LogP contribution in [0.15, 0.2) is 41.6 Å². The highest BCUT2D eigenvalue weighted by molar-refractivity contribution is 7.99. The number of carbonyl (C=O) groups excluding carboxylic acids is 1. The maximum absolute atomic E-state index is 13.1. The highest BCUT2D eigenvalue weighted by Crippen LogP contribution is 2.27. The molecular formula is C19H16Cl3FN4O2S. The molecule has 1 heterocycles. The first kappa shape index (κ1) is 22.7. The van der Waals surface area contributed by atoms with Gasteiger partial charge in [-0.1, -0.05) is 46.6 Å². The van der Waals surface area contributed by atoms with E-state index in [1.807, 2.05) is 11.5 Å². The number of amides is 1. The second-order valence-corrected chi connectivity index (χ2v) is 8.14. The average Bonchev–Trinajstić information content (AvgIpc) is 3.10. The number of thioether (sulfide) groups is 1. The molecule has 0 bridgehead atoms. The number of hydrogen-bond acceptors (Lipinski definition) is 5. The predicted octanol–water partition coefficient (Wildman–Crippen LogP) is 5.71. The molecule has 0 atom stereocenters. The Morgan fingerprint density at radius 1 is 1.13 bits per heavy atom. The van der Waals surface area contributed by atoms with Crippen LogP contribution in [-0.2, 0) is 17.9 Å². The molecule has 1 N–H and O–H groups in total. The van der Waals surface area contributed by atoms with Crippen LogP contribution >= 0.6 is 46.6 Å². The van der Waals surface area contributed by atoms with Crippen molar-refractivity contribution < 1.29 is 13.9 Å². The van der Waals surface area contributed by atoms with E-state index in [0.29, 0.717) is 39.0 Å². The molecule has 0 aliphatic heterocycles. The quantitative estimate of drug-likeness (QED) is 0.411. The van der Waals surface area contributed by atoms with Crippen molar-refractivity contribution in [2.24, 2.45) is 0 Å². The van der Waals surface area contributed by atoms with Gasteiger partial charge in [0.1, 0.15) is 18.2 Å². The molecule has 158 valence electrons. The fraction of sp³-hybridized carbons (Fsp3) is 0.211. The lowest BCUT2D eigenvalue weighted by atomic mass is 10.3. The highest BCUT2D eigenvalue weighted by atomic mass is 35.5. The Bertz CT molecular complexity index is 1060. The van der Waals surface area contributed by atoms with E-state index >= 15 is 0 Å². The minimum absolute atomic E-state index is 0.0994. The summed E-state index contributed by atoms with van der Waals surface area (Å²) >= 11 is 19.0. The highest BCUT2D eigenvalue weighted by Gasteiger charge is 2.15. The number of halogens is 4. The summed E-state index contributed by atoms with van der Waals surface area (Å²) in [5.41, 5.74) is 0.553. The molecule has 0 unspecified atom stereocenters. The molecule has 2 aromatic carbocycles. The fourth-order valence-corrected chi connectivity index (χ4v) is 3.83. The first-order valence-corrected chi connectivity index (χ1v) is 10.9. The molecule has 0 saturated heterocycles. The second kappa shape index (κ2) is 10.3. The molecule has 1 aromatic heterocycles. The van der Waals surface area contributed by atoms with Crippen molar-refractivity contribution >= 4 is 58.2 Å². The van der Waals surface area contributed by atoms with Crippen molar-refractivity contribution in [3.8, 4) is 5.75 Å². The van der Waals surface area contributed by atoms with Gasteiger partial charge in [-0.05, 0) is 43.3 Å². The molecule has 30 heavy (non-hydrogen) atoms. The molecule has 0 saturated carbocycles. The summed E-state index contributed by atoms with van der Waals surface area (Å²) in [4.78, 5) is 12.2. The van der Waals surface area contributed by atoms with Crippen LogP contribution in [-0.4, -0.2) is 26.4 Å². The van der Waals surface area contributed by atoms with E-state index < -0.39 is 5.82 Å². The number of rotatable bonds is 8. The maximum atomic E-state index is 13.1. The van der Waals surface area contributed by atoms with Gasteiger partial charge in [0.25, 0.3) is 0 Å². The number of benzene rings is 2. The van der Waals surface area contributed by atoms with Gasteiger partial charge in [-0.15, -0.1) is 10.2 Å². The molecule has 0 aliphatic carbocycles. The largest absolute Gasteiger partial charge is 0.484 e. The topological polar surface area (TPSA) is 69.0 Å². The van der Waals surface area contributed by atoms with Gasteiger partial charge in [0.2, 0.25) is 5.91 Å². The Morgan fingerprint density at radius 3 is 2.63 bits per heavy atom. The molecule has 0 fully saturated rings. The summed E-state index contributed by atoms with van der Waals surface area (Å²) in [7, 11) is 0. The predicted molar refractivity (Wildman–Crippen MR) is 117 cm³/mol. The molecule has 6 nitrogen and oxygen atoms in total.